The maximum absolute atomic E-state index is 12.5. The Morgan fingerprint density at radius 1 is 1.16 bits per heavy atom. The van der Waals surface area contributed by atoms with E-state index >= 15 is 0 Å². The lowest BCUT2D eigenvalue weighted by molar-refractivity contribution is 0.0751. The van der Waals surface area contributed by atoms with Crippen LogP contribution in [0.5, 0.6) is 0 Å². The number of rotatable bonds is 3. The molecule has 3 aromatic rings. The zero-order valence-corrected chi connectivity index (χ0v) is 16.3. The predicted octanol–water partition coefficient (Wildman–Crippen LogP) is 4.54. The number of anilines is 1. The fraction of sp³-hybridized carbons (Fsp3) is 0.333. The zero-order chi connectivity index (χ0) is 17.4. The third kappa shape index (κ3) is 3.26. The van der Waals surface area contributed by atoms with Gasteiger partial charge in [0, 0.05) is 26.2 Å². The van der Waals surface area contributed by atoms with E-state index in [4.69, 9.17) is 16.6 Å². The molecule has 0 unspecified atom stereocenters. The molecule has 0 saturated carbocycles. The molecule has 0 atom stereocenters. The lowest BCUT2D eigenvalue weighted by Gasteiger charge is -2.34. The molecular formula is C18H18ClN3OS2. The first kappa shape index (κ1) is 16.8. The number of aromatic nitrogens is 1. The fourth-order valence-electron chi connectivity index (χ4n) is 3.10. The second kappa shape index (κ2) is 6.94. The highest BCUT2D eigenvalue weighted by Crippen LogP contribution is 2.32. The second-order valence-electron chi connectivity index (χ2n) is 6.00. The van der Waals surface area contributed by atoms with Gasteiger partial charge in [-0.05, 0) is 30.2 Å². The van der Waals surface area contributed by atoms with Crippen LogP contribution in [0.15, 0.2) is 30.3 Å². The lowest BCUT2D eigenvalue weighted by atomic mass is 10.1. The van der Waals surface area contributed by atoms with Gasteiger partial charge in [0.2, 0.25) is 0 Å². The minimum absolute atomic E-state index is 0.0779. The Hall–Kier alpha value is -1.63. The summed E-state index contributed by atoms with van der Waals surface area (Å²) in [6.07, 6.45) is 0.992. The first-order valence-electron chi connectivity index (χ1n) is 8.33. The van der Waals surface area contributed by atoms with E-state index < -0.39 is 0 Å². The lowest BCUT2D eigenvalue weighted by Crippen LogP contribution is -2.48. The molecule has 1 aromatic carbocycles. The topological polar surface area (TPSA) is 36.4 Å². The number of para-hydroxylation sites is 1. The summed E-state index contributed by atoms with van der Waals surface area (Å²) < 4.78 is 1.89. The normalized spacial score (nSPS) is 15.1. The largest absolute Gasteiger partial charge is 0.345 e. The number of aryl methyl sites for hydroxylation is 1. The summed E-state index contributed by atoms with van der Waals surface area (Å²) in [5.74, 6) is 0.0779. The third-order valence-electron chi connectivity index (χ3n) is 4.49. The Morgan fingerprint density at radius 3 is 2.64 bits per heavy atom. The molecule has 1 aliphatic rings. The number of fused-ring (bicyclic) bond motifs is 1. The number of carbonyl (C=O) groups excluding carboxylic acids is 1. The molecule has 3 heterocycles. The van der Waals surface area contributed by atoms with Crippen molar-refractivity contribution in [3.8, 4) is 0 Å². The summed E-state index contributed by atoms with van der Waals surface area (Å²) in [6.45, 7) is 5.21. The van der Waals surface area contributed by atoms with E-state index in [9.17, 15) is 4.79 Å². The number of nitrogens with zero attached hydrogens (tertiary/aromatic N) is 3. The van der Waals surface area contributed by atoms with Crippen LogP contribution in [-0.4, -0.2) is 42.0 Å². The van der Waals surface area contributed by atoms with Crippen molar-refractivity contribution in [2.24, 2.45) is 0 Å². The Bertz CT molecular complexity index is 912. The SMILES string of the molecule is CCc1cccc2sc(N3CCN(C(=O)c4ccc(Cl)s4)CC3)nc12. The van der Waals surface area contributed by atoms with E-state index in [1.165, 1.54) is 21.6 Å². The number of carbonyl (C=O) groups is 1. The van der Waals surface area contributed by atoms with Gasteiger partial charge in [-0.1, -0.05) is 42.0 Å². The molecule has 130 valence electrons. The summed E-state index contributed by atoms with van der Waals surface area (Å²) in [4.78, 5) is 22.3. The molecule has 0 radical (unpaired) electrons. The molecule has 1 saturated heterocycles. The van der Waals surface area contributed by atoms with Gasteiger partial charge in [-0.15, -0.1) is 11.3 Å². The van der Waals surface area contributed by atoms with Gasteiger partial charge in [0.15, 0.2) is 5.13 Å². The molecule has 4 nitrogen and oxygen atoms in total. The minimum atomic E-state index is 0.0779. The number of thiazole rings is 1. The standard InChI is InChI=1S/C18H18ClN3OS2/c1-2-12-4-3-5-13-16(12)20-18(25-13)22-10-8-21(9-11-22)17(23)14-6-7-15(19)24-14/h3-7H,2,8-11H2,1H3. The van der Waals surface area contributed by atoms with Crippen LogP contribution in [0, 0.1) is 0 Å². The van der Waals surface area contributed by atoms with Crippen molar-refractivity contribution in [2.45, 2.75) is 13.3 Å². The average molecular weight is 392 g/mol. The van der Waals surface area contributed by atoms with Gasteiger partial charge in [0.1, 0.15) is 0 Å². The van der Waals surface area contributed by atoms with Gasteiger partial charge in [-0.25, -0.2) is 4.98 Å². The van der Waals surface area contributed by atoms with Crippen molar-refractivity contribution >= 4 is 55.5 Å². The number of piperazine rings is 1. The molecule has 2 aromatic heterocycles. The molecule has 0 aliphatic carbocycles. The van der Waals surface area contributed by atoms with Crippen LogP contribution in [0.25, 0.3) is 10.2 Å². The summed E-state index contributed by atoms with van der Waals surface area (Å²) in [5.41, 5.74) is 2.42. The number of benzene rings is 1. The van der Waals surface area contributed by atoms with Crippen molar-refractivity contribution in [3.05, 3.63) is 45.1 Å². The number of thiophene rings is 1. The molecule has 1 amide bonds. The van der Waals surface area contributed by atoms with Crippen LogP contribution >= 0.6 is 34.3 Å². The van der Waals surface area contributed by atoms with Crippen LogP contribution in [0.1, 0.15) is 22.2 Å². The highest BCUT2D eigenvalue weighted by Gasteiger charge is 2.25. The molecule has 4 rings (SSSR count). The Kier molecular flexibility index (Phi) is 4.67. The number of amides is 1. The van der Waals surface area contributed by atoms with Gasteiger partial charge in [-0.3, -0.25) is 4.79 Å². The van der Waals surface area contributed by atoms with Crippen molar-refractivity contribution < 1.29 is 4.79 Å². The number of hydrogen-bond acceptors (Lipinski definition) is 5. The summed E-state index contributed by atoms with van der Waals surface area (Å²) in [7, 11) is 0. The van der Waals surface area contributed by atoms with Crippen molar-refractivity contribution in [3.63, 3.8) is 0 Å². The van der Waals surface area contributed by atoms with Crippen LogP contribution in [-0.2, 0) is 6.42 Å². The van der Waals surface area contributed by atoms with Crippen LogP contribution in [0.4, 0.5) is 5.13 Å². The highest BCUT2D eigenvalue weighted by atomic mass is 35.5. The first-order chi connectivity index (χ1) is 12.2. The summed E-state index contributed by atoms with van der Waals surface area (Å²) in [6, 6.07) is 9.97. The maximum Gasteiger partial charge on any atom is 0.264 e. The molecule has 25 heavy (non-hydrogen) atoms. The minimum Gasteiger partial charge on any atom is -0.345 e. The predicted molar refractivity (Wildman–Crippen MR) is 106 cm³/mol. The van der Waals surface area contributed by atoms with Gasteiger partial charge in [0.25, 0.3) is 5.91 Å². The fourth-order valence-corrected chi connectivity index (χ4v) is 5.18. The van der Waals surface area contributed by atoms with E-state index in [-0.39, 0.29) is 5.91 Å². The zero-order valence-electron chi connectivity index (χ0n) is 13.9. The van der Waals surface area contributed by atoms with Crippen LogP contribution < -0.4 is 4.90 Å². The molecule has 0 spiro atoms. The third-order valence-corrected chi connectivity index (χ3v) is 6.79. The molecule has 1 aliphatic heterocycles. The smallest absolute Gasteiger partial charge is 0.264 e. The summed E-state index contributed by atoms with van der Waals surface area (Å²) >= 11 is 9.03. The van der Waals surface area contributed by atoms with Crippen molar-refractivity contribution in [1.29, 1.82) is 0 Å². The Labute approximate surface area is 159 Å². The van der Waals surface area contributed by atoms with E-state index in [1.807, 2.05) is 11.0 Å². The monoisotopic (exact) mass is 391 g/mol. The van der Waals surface area contributed by atoms with Crippen molar-refractivity contribution in [1.82, 2.24) is 9.88 Å². The highest BCUT2D eigenvalue weighted by molar-refractivity contribution is 7.22. The molecule has 0 N–H and O–H groups in total. The molecular weight excluding hydrogens is 374 g/mol. The van der Waals surface area contributed by atoms with Crippen LogP contribution in [0.2, 0.25) is 4.34 Å². The second-order valence-corrected chi connectivity index (χ2v) is 8.72. The molecule has 1 fully saturated rings. The Morgan fingerprint density at radius 2 is 1.96 bits per heavy atom. The van der Waals surface area contributed by atoms with Crippen molar-refractivity contribution in [2.75, 3.05) is 31.1 Å². The van der Waals surface area contributed by atoms with E-state index in [0.717, 1.165) is 30.2 Å². The Balaban J connectivity index is 1.47. The quantitative estimate of drug-likeness (QED) is 0.657. The molecule has 7 heteroatoms. The number of halogens is 1. The van der Waals surface area contributed by atoms with E-state index in [2.05, 4.69) is 30.0 Å². The average Bonchev–Trinajstić information content (AvgIpc) is 3.27. The van der Waals surface area contributed by atoms with Gasteiger partial charge >= 0.3 is 0 Å². The summed E-state index contributed by atoms with van der Waals surface area (Å²) in [5, 5.41) is 1.06. The van der Waals surface area contributed by atoms with E-state index in [0.29, 0.717) is 22.3 Å². The van der Waals surface area contributed by atoms with Gasteiger partial charge in [0.05, 0.1) is 19.4 Å². The van der Waals surface area contributed by atoms with Gasteiger partial charge in [-0.2, -0.15) is 0 Å². The van der Waals surface area contributed by atoms with Gasteiger partial charge < -0.3 is 9.80 Å². The van der Waals surface area contributed by atoms with E-state index in [1.54, 1.807) is 17.4 Å². The molecule has 0 bridgehead atoms. The number of hydrogen-bond donors (Lipinski definition) is 0. The van der Waals surface area contributed by atoms with Crippen LogP contribution in [0.3, 0.4) is 0 Å². The maximum atomic E-state index is 12.5. The first-order valence-corrected chi connectivity index (χ1v) is 10.3.